The van der Waals surface area contributed by atoms with Crippen molar-refractivity contribution < 1.29 is 9.59 Å². The Hall–Kier alpha value is -3.16. The van der Waals surface area contributed by atoms with E-state index in [1.165, 1.54) is 4.90 Å². The smallest absolute Gasteiger partial charge is 0.278 e. The molecule has 168 valence electrons. The number of anilines is 1. The molecule has 8 heteroatoms. The quantitative estimate of drug-likeness (QED) is 0.377. The third-order valence-electron chi connectivity index (χ3n) is 5.21. The fraction of sp³-hybridized carbons (Fsp3) is 0.200. The van der Waals surface area contributed by atoms with Crippen LogP contribution < -0.4 is 5.32 Å². The van der Waals surface area contributed by atoms with Gasteiger partial charge in [0.25, 0.3) is 11.8 Å². The van der Waals surface area contributed by atoms with E-state index in [1.807, 2.05) is 63.2 Å². The number of aromatic nitrogens is 2. The fourth-order valence-corrected chi connectivity index (χ4v) is 4.71. The number of thioether (sulfide) groups is 1. The molecule has 0 atom stereocenters. The molecule has 1 N–H and O–H groups in total. The molecule has 33 heavy (non-hydrogen) atoms. The molecule has 0 fully saturated rings. The number of hydrogen-bond donors (Lipinski definition) is 1. The van der Waals surface area contributed by atoms with Gasteiger partial charge in [-0.05, 0) is 68.3 Å². The number of nitrogens with one attached hydrogen (secondary N) is 1. The highest BCUT2D eigenvalue weighted by Gasteiger charge is 2.39. The number of rotatable bonds is 7. The molecule has 0 unspecified atom stereocenters. The number of hydrogen-bond acceptors (Lipinski definition) is 6. The van der Waals surface area contributed by atoms with Crippen LogP contribution in [0.15, 0.2) is 70.4 Å². The van der Waals surface area contributed by atoms with Gasteiger partial charge in [0.15, 0.2) is 5.16 Å². The first-order valence-electron chi connectivity index (χ1n) is 10.5. The van der Waals surface area contributed by atoms with Gasteiger partial charge in [0.1, 0.15) is 10.6 Å². The minimum atomic E-state index is -0.373. The lowest BCUT2D eigenvalue weighted by molar-refractivity contribution is -0.137. The lowest BCUT2D eigenvalue weighted by Gasteiger charge is -2.15. The Morgan fingerprint density at radius 2 is 1.64 bits per heavy atom. The standard InChI is InChI=1S/C25H23ClN4O2S/c1-15-9-10-19(26)14-20(15)29-21-22(33-25-27-16(2)13-17(3)28-25)24(32)30(23(21)31)12-11-18-7-5-4-6-8-18/h4-10,13-14,29H,11-12H2,1-3H3. The topological polar surface area (TPSA) is 75.2 Å². The van der Waals surface area contributed by atoms with Crippen molar-refractivity contribution >= 4 is 40.9 Å². The summed E-state index contributed by atoms with van der Waals surface area (Å²) in [6.07, 6.45) is 0.569. The van der Waals surface area contributed by atoms with Gasteiger partial charge in [0.2, 0.25) is 0 Å². The van der Waals surface area contributed by atoms with E-state index in [0.29, 0.717) is 22.3 Å². The molecule has 0 radical (unpaired) electrons. The number of imide groups is 1. The second-order valence-electron chi connectivity index (χ2n) is 7.82. The Morgan fingerprint density at radius 1 is 0.939 bits per heavy atom. The van der Waals surface area contributed by atoms with Crippen molar-refractivity contribution in [1.82, 2.24) is 14.9 Å². The first kappa shape index (κ1) is 23.0. The lowest BCUT2D eigenvalue weighted by Crippen LogP contribution is -2.34. The second kappa shape index (κ2) is 9.77. The van der Waals surface area contributed by atoms with Crippen molar-refractivity contribution in [1.29, 1.82) is 0 Å². The summed E-state index contributed by atoms with van der Waals surface area (Å²) in [4.78, 5) is 37.2. The minimum Gasteiger partial charge on any atom is -0.350 e. The van der Waals surface area contributed by atoms with Crippen molar-refractivity contribution in [3.8, 4) is 0 Å². The molecule has 0 saturated carbocycles. The highest BCUT2D eigenvalue weighted by atomic mass is 35.5. The monoisotopic (exact) mass is 478 g/mol. The van der Waals surface area contributed by atoms with Crippen molar-refractivity contribution in [2.24, 2.45) is 0 Å². The van der Waals surface area contributed by atoms with E-state index in [1.54, 1.807) is 12.1 Å². The van der Waals surface area contributed by atoms with Crippen LogP contribution >= 0.6 is 23.4 Å². The Bertz CT molecular complexity index is 1240. The van der Waals surface area contributed by atoms with Crippen LogP contribution in [0.25, 0.3) is 0 Å². The molecule has 1 aromatic heterocycles. The van der Waals surface area contributed by atoms with E-state index >= 15 is 0 Å². The van der Waals surface area contributed by atoms with Crippen molar-refractivity contribution in [3.63, 3.8) is 0 Å². The first-order chi connectivity index (χ1) is 15.8. The van der Waals surface area contributed by atoms with Gasteiger partial charge >= 0.3 is 0 Å². The summed E-state index contributed by atoms with van der Waals surface area (Å²) in [7, 11) is 0. The normalized spacial score (nSPS) is 13.8. The van der Waals surface area contributed by atoms with Crippen LogP contribution in [0.4, 0.5) is 5.69 Å². The Kier molecular flexibility index (Phi) is 6.81. The molecular formula is C25H23ClN4O2S. The van der Waals surface area contributed by atoms with Crippen molar-refractivity contribution in [2.75, 3.05) is 11.9 Å². The molecule has 2 aromatic carbocycles. The zero-order valence-electron chi connectivity index (χ0n) is 18.6. The largest absolute Gasteiger partial charge is 0.350 e. The number of benzene rings is 2. The van der Waals surface area contributed by atoms with Crippen LogP contribution in [0, 0.1) is 20.8 Å². The van der Waals surface area contributed by atoms with Crippen LogP contribution in [0.3, 0.4) is 0 Å². The third kappa shape index (κ3) is 5.26. The van der Waals surface area contributed by atoms with Crippen LogP contribution in [0.1, 0.15) is 22.5 Å². The number of halogens is 1. The summed E-state index contributed by atoms with van der Waals surface area (Å²) < 4.78 is 0. The Balaban J connectivity index is 1.67. The highest BCUT2D eigenvalue weighted by Crippen LogP contribution is 2.35. The van der Waals surface area contributed by atoms with Crippen LogP contribution in [0.2, 0.25) is 5.02 Å². The van der Waals surface area contributed by atoms with Gasteiger partial charge in [-0.1, -0.05) is 48.0 Å². The molecule has 0 spiro atoms. The van der Waals surface area contributed by atoms with E-state index < -0.39 is 0 Å². The van der Waals surface area contributed by atoms with Crippen LogP contribution in [-0.4, -0.2) is 33.2 Å². The van der Waals surface area contributed by atoms with Crippen molar-refractivity contribution in [3.05, 3.63) is 92.7 Å². The predicted octanol–water partition coefficient (Wildman–Crippen LogP) is 5.08. The van der Waals surface area contributed by atoms with Crippen LogP contribution in [-0.2, 0) is 16.0 Å². The lowest BCUT2D eigenvalue weighted by atomic mass is 10.1. The molecule has 3 aromatic rings. The average molecular weight is 479 g/mol. The van der Waals surface area contributed by atoms with Crippen LogP contribution in [0.5, 0.6) is 0 Å². The van der Waals surface area contributed by atoms with E-state index in [9.17, 15) is 9.59 Å². The Morgan fingerprint density at radius 3 is 2.33 bits per heavy atom. The van der Waals surface area contributed by atoms with Gasteiger partial charge in [-0.3, -0.25) is 14.5 Å². The summed E-state index contributed by atoms with van der Waals surface area (Å²) in [5, 5.41) is 4.13. The van der Waals surface area contributed by atoms with E-state index in [4.69, 9.17) is 11.6 Å². The van der Waals surface area contributed by atoms with Gasteiger partial charge in [0.05, 0.1) is 0 Å². The number of carbonyl (C=O) groups is 2. The molecule has 2 heterocycles. The maximum absolute atomic E-state index is 13.4. The summed E-state index contributed by atoms with van der Waals surface area (Å²) >= 11 is 7.28. The zero-order chi connectivity index (χ0) is 23.5. The van der Waals surface area contributed by atoms with Gasteiger partial charge in [-0.2, -0.15) is 0 Å². The van der Waals surface area contributed by atoms with Gasteiger partial charge in [-0.25, -0.2) is 9.97 Å². The highest BCUT2D eigenvalue weighted by molar-refractivity contribution is 8.04. The first-order valence-corrected chi connectivity index (χ1v) is 11.7. The van der Waals surface area contributed by atoms with Gasteiger partial charge in [-0.15, -0.1) is 0 Å². The SMILES string of the molecule is Cc1cc(C)nc(SC2=C(Nc3cc(Cl)ccc3C)C(=O)N(CCc3ccccc3)C2=O)n1. The third-order valence-corrected chi connectivity index (χ3v) is 6.39. The van der Waals surface area contributed by atoms with Crippen molar-refractivity contribution in [2.45, 2.75) is 32.3 Å². The number of carbonyl (C=O) groups excluding carboxylic acids is 2. The molecule has 6 nitrogen and oxygen atoms in total. The van der Waals surface area contributed by atoms with E-state index in [-0.39, 0.29) is 29.0 Å². The molecule has 0 aliphatic carbocycles. The molecule has 0 bridgehead atoms. The molecule has 4 rings (SSSR count). The number of amides is 2. The van der Waals surface area contributed by atoms with Gasteiger partial charge < -0.3 is 5.32 Å². The number of aryl methyl sites for hydroxylation is 3. The van der Waals surface area contributed by atoms with E-state index in [0.717, 1.165) is 34.3 Å². The fourth-order valence-electron chi connectivity index (χ4n) is 3.54. The Labute approximate surface area is 202 Å². The second-order valence-corrected chi connectivity index (χ2v) is 9.24. The summed E-state index contributed by atoms with van der Waals surface area (Å²) in [5.74, 6) is -0.729. The van der Waals surface area contributed by atoms with E-state index in [2.05, 4.69) is 15.3 Å². The molecule has 1 aliphatic heterocycles. The average Bonchev–Trinajstić information content (AvgIpc) is 2.98. The summed E-state index contributed by atoms with van der Waals surface area (Å²) in [5.41, 5.74) is 4.43. The zero-order valence-corrected chi connectivity index (χ0v) is 20.1. The molecule has 0 saturated heterocycles. The summed E-state index contributed by atoms with van der Waals surface area (Å²) in [6, 6.07) is 17.0. The minimum absolute atomic E-state index is 0.214. The maximum Gasteiger partial charge on any atom is 0.278 e. The van der Waals surface area contributed by atoms with Gasteiger partial charge in [0, 0.05) is 28.6 Å². The molecule has 1 aliphatic rings. The maximum atomic E-state index is 13.4. The molecule has 2 amide bonds. The molecular weight excluding hydrogens is 456 g/mol. The number of nitrogens with zero attached hydrogens (tertiary/aromatic N) is 3. The predicted molar refractivity (Wildman–Crippen MR) is 131 cm³/mol. The summed E-state index contributed by atoms with van der Waals surface area (Å²) in [6.45, 7) is 5.93.